The van der Waals surface area contributed by atoms with Crippen LogP contribution in [0.15, 0.2) is 30.9 Å². The zero-order valence-corrected chi connectivity index (χ0v) is 11.7. The molecule has 2 atom stereocenters. The third-order valence-electron chi connectivity index (χ3n) is 2.96. The van der Waals surface area contributed by atoms with Gasteiger partial charge in [0, 0.05) is 15.6 Å². The summed E-state index contributed by atoms with van der Waals surface area (Å²) in [5.41, 5.74) is -1.18. The number of benzene rings is 1. The van der Waals surface area contributed by atoms with E-state index in [1.54, 1.807) is 12.1 Å². The molecule has 2 aromatic rings. The molecular formula is C12H13Cl2N3O2. The first kappa shape index (κ1) is 14.3. The third kappa shape index (κ3) is 2.90. The van der Waals surface area contributed by atoms with Gasteiger partial charge in [-0.3, -0.25) is 0 Å². The Balaban J connectivity index is 2.43. The molecular weight excluding hydrogens is 289 g/mol. The van der Waals surface area contributed by atoms with E-state index in [2.05, 4.69) is 10.1 Å². The molecule has 0 aliphatic heterocycles. The minimum atomic E-state index is -1.57. The molecule has 0 bridgehead atoms. The average molecular weight is 302 g/mol. The van der Waals surface area contributed by atoms with Crippen molar-refractivity contribution in [2.24, 2.45) is 0 Å². The van der Waals surface area contributed by atoms with Gasteiger partial charge in [-0.1, -0.05) is 29.3 Å². The minimum absolute atomic E-state index is 0.0337. The summed E-state index contributed by atoms with van der Waals surface area (Å²) in [5.74, 6) is 0. The quantitative estimate of drug-likeness (QED) is 0.904. The smallest absolute Gasteiger partial charge is 0.137 e. The molecule has 2 unspecified atom stereocenters. The Labute approximate surface area is 120 Å². The van der Waals surface area contributed by atoms with Gasteiger partial charge in [-0.15, -0.1) is 0 Å². The second-order valence-corrected chi connectivity index (χ2v) is 5.16. The van der Waals surface area contributed by atoms with Crippen molar-refractivity contribution >= 4 is 23.2 Å². The standard InChI is InChI=1S/C12H13Cl2N3O2/c1-8(18)12(19,5-17-7-15-6-16-17)10-3-2-9(13)4-11(10)14/h2-4,6-8,18-19H,5H2,1H3. The third-order valence-corrected chi connectivity index (χ3v) is 3.51. The fraction of sp³-hybridized carbons (Fsp3) is 0.333. The van der Waals surface area contributed by atoms with Crippen molar-refractivity contribution in [1.29, 1.82) is 0 Å². The molecule has 0 fully saturated rings. The van der Waals surface area contributed by atoms with Crippen LogP contribution in [0.2, 0.25) is 10.0 Å². The second-order valence-electron chi connectivity index (χ2n) is 4.32. The summed E-state index contributed by atoms with van der Waals surface area (Å²) in [6, 6.07) is 4.72. The SMILES string of the molecule is CC(O)C(O)(Cn1cncn1)c1ccc(Cl)cc1Cl. The highest BCUT2D eigenvalue weighted by Crippen LogP contribution is 2.34. The Hall–Kier alpha value is -1.14. The van der Waals surface area contributed by atoms with Gasteiger partial charge in [0.1, 0.15) is 18.3 Å². The van der Waals surface area contributed by atoms with Gasteiger partial charge in [0.25, 0.3) is 0 Å². The molecule has 7 heteroatoms. The van der Waals surface area contributed by atoms with E-state index >= 15 is 0 Å². The van der Waals surface area contributed by atoms with Crippen molar-refractivity contribution in [3.05, 3.63) is 46.5 Å². The number of aromatic nitrogens is 3. The number of nitrogens with zero attached hydrogens (tertiary/aromatic N) is 3. The predicted octanol–water partition coefficient (Wildman–Crippen LogP) is 1.85. The van der Waals surface area contributed by atoms with Crippen LogP contribution < -0.4 is 0 Å². The van der Waals surface area contributed by atoms with E-state index in [4.69, 9.17) is 23.2 Å². The van der Waals surface area contributed by atoms with Crippen LogP contribution in [0.3, 0.4) is 0 Å². The molecule has 1 aromatic heterocycles. The van der Waals surface area contributed by atoms with E-state index in [0.717, 1.165) is 0 Å². The van der Waals surface area contributed by atoms with Gasteiger partial charge in [0.05, 0.1) is 12.6 Å². The molecule has 19 heavy (non-hydrogen) atoms. The number of hydrogen-bond acceptors (Lipinski definition) is 4. The number of aliphatic hydroxyl groups is 2. The van der Waals surface area contributed by atoms with Gasteiger partial charge in [0.15, 0.2) is 0 Å². The Bertz CT molecular complexity index is 560. The largest absolute Gasteiger partial charge is 0.390 e. The highest BCUT2D eigenvalue weighted by atomic mass is 35.5. The Morgan fingerprint density at radius 2 is 2.16 bits per heavy atom. The van der Waals surface area contributed by atoms with Crippen LogP contribution in [0.4, 0.5) is 0 Å². The highest BCUT2D eigenvalue weighted by molar-refractivity contribution is 6.35. The molecule has 0 aliphatic rings. The molecule has 0 saturated carbocycles. The lowest BCUT2D eigenvalue weighted by Gasteiger charge is -2.32. The van der Waals surface area contributed by atoms with Crippen LogP contribution in [0.5, 0.6) is 0 Å². The summed E-state index contributed by atoms with van der Waals surface area (Å²) in [7, 11) is 0. The van der Waals surface area contributed by atoms with E-state index in [-0.39, 0.29) is 11.6 Å². The van der Waals surface area contributed by atoms with Crippen molar-refractivity contribution in [3.63, 3.8) is 0 Å². The fourth-order valence-electron chi connectivity index (χ4n) is 1.84. The topological polar surface area (TPSA) is 71.2 Å². The molecule has 0 radical (unpaired) electrons. The van der Waals surface area contributed by atoms with E-state index < -0.39 is 11.7 Å². The van der Waals surface area contributed by atoms with Crippen LogP contribution in [0.25, 0.3) is 0 Å². The summed E-state index contributed by atoms with van der Waals surface area (Å²) in [5, 5.41) is 25.3. The Kier molecular flexibility index (Phi) is 4.10. The van der Waals surface area contributed by atoms with Gasteiger partial charge >= 0.3 is 0 Å². The van der Waals surface area contributed by atoms with Crippen LogP contribution in [-0.4, -0.2) is 31.1 Å². The van der Waals surface area contributed by atoms with Crippen molar-refractivity contribution in [3.8, 4) is 0 Å². The lowest BCUT2D eigenvalue weighted by atomic mass is 9.88. The van der Waals surface area contributed by atoms with Crippen molar-refractivity contribution < 1.29 is 10.2 Å². The van der Waals surface area contributed by atoms with E-state index in [1.165, 1.54) is 30.3 Å². The summed E-state index contributed by atoms with van der Waals surface area (Å²) in [6.07, 6.45) is 1.76. The maximum absolute atomic E-state index is 10.7. The Morgan fingerprint density at radius 3 is 2.68 bits per heavy atom. The van der Waals surface area contributed by atoms with Gasteiger partial charge in [0.2, 0.25) is 0 Å². The van der Waals surface area contributed by atoms with Crippen molar-refractivity contribution in [1.82, 2.24) is 14.8 Å². The highest BCUT2D eigenvalue weighted by Gasteiger charge is 2.37. The molecule has 0 saturated heterocycles. The van der Waals surface area contributed by atoms with Crippen LogP contribution in [0, 0.1) is 0 Å². The average Bonchev–Trinajstić information content (AvgIpc) is 2.81. The molecule has 2 rings (SSSR count). The van der Waals surface area contributed by atoms with Gasteiger partial charge in [-0.05, 0) is 19.1 Å². The lowest BCUT2D eigenvalue weighted by molar-refractivity contribution is -0.0851. The maximum Gasteiger partial charge on any atom is 0.137 e. The summed E-state index contributed by atoms with van der Waals surface area (Å²) >= 11 is 11.9. The fourth-order valence-corrected chi connectivity index (χ4v) is 2.42. The number of aliphatic hydroxyl groups excluding tert-OH is 1. The molecule has 0 aliphatic carbocycles. The maximum atomic E-state index is 10.7. The number of halogens is 2. The normalized spacial score (nSPS) is 16.1. The van der Waals surface area contributed by atoms with Crippen LogP contribution in [-0.2, 0) is 12.1 Å². The second kappa shape index (κ2) is 5.46. The van der Waals surface area contributed by atoms with Crippen LogP contribution in [0.1, 0.15) is 12.5 Å². The molecule has 0 amide bonds. The molecule has 102 valence electrons. The Morgan fingerprint density at radius 1 is 1.42 bits per heavy atom. The molecule has 5 nitrogen and oxygen atoms in total. The van der Waals surface area contributed by atoms with E-state index in [1.807, 2.05) is 0 Å². The minimum Gasteiger partial charge on any atom is -0.390 e. The first-order chi connectivity index (χ1) is 8.93. The number of rotatable bonds is 4. The number of hydrogen-bond donors (Lipinski definition) is 2. The molecule has 0 spiro atoms. The molecule has 2 N–H and O–H groups in total. The zero-order valence-electron chi connectivity index (χ0n) is 10.2. The van der Waals surface area contributed by atoms with Crippen molar-refractivity contribution in [2.45, 2.75) is 25.2 Å². The lowest BCUT2D eigenvalue weighted by Crippen LogP contribution is -2.42. The summed E-state index contributed by atoms with van der Waals surface area (Å²) in [6.45, 7) is 1.52. The predicted molar refractivity (Wildman–Crippen MR) is 72.1 cm³/mol. The molecule has 1 heterocycles. The first-order valence-electron chi connectivity index (χ1n) is 5.62. The zero-order chi connectivity index (χ0) is 14.0. The van der Waals surface area contributed by atoms with Gasteiger partial charge in [-0.25, -0.2) is 9.67 Å². The monoisotopic (exact) mass is 301 g/mol. The van der Waals surface area contributed by atoms with E-state index in [9.17, 15) is 10.2 Å². The molecule has 1 aromatic carbocycles. The van der Waals surface area contributed by atoms with Crippen molar-refractivity contribution in [2.75, 3.05) is 0 Å². The summed E-state index contributed by atoms with van der Waals surface area (Å²) < 4.78 is 1.43. The first-order valence-corrected chi connectivity index (χ1v) is 6.37. The van der Waals surface area contributed by atoms with E-state index in [0.29, 0.717) is 10.6 Å². The van der Waals surface area contributed by atoms with Crippen LogP contribution >= 0.6 is 23.2 Å². The summed E-state index contributed by atoms with van der Waals surface area (Å²) in [4.78, 5) is 3.80. The van der Waals surface area contributed by atoms with Gasteiger partial charge in [-0.2, -0.15) is 5.10 Å². The van der Waals surface area contributed by atoms with Gasteiger partial charge < -0.3 is 10.2 Å².